The van der Waals surface area contributed by atoms with Crippen molar-refractivity contribution < 1.29 is 14.4 Å². The molecule has 2 atom stereocenters. The average molecular weight is 279 g/mol. The maximum Gasteiger partial charge on any atom is 0.265 e. The van der Waals surface area contributed by atoms with Crippen LogP contribution in [-0.2, 0) is 14.4 Å². The fraction of sp³-hybridized carbons (Fsp3) is 0.231. The Morgan fingerprint density at radius 2 is 2.11 bits per heavy atom. The van der Waals surface area contributed by atoms with Crippen molar-refractivity contribution in [3.05, 3.63) is 47.0 Å². The zero-order valence-electron chi connectivity index (χ0n) is 9.85. The summed E-state index contributed by atoms with van der Waals surface area (Å²) in [5.41, 5.74) is 2.53. The van der Waals surface area contributed by atoms with Crippen molar-refractivity contribution in [2.45, 2.75) is 18.1 Å². The van der Waals surface area contributed by atoms with Gasteiger partial charge in [0, 0.05) is 17.5 Å². The van der Waals surface area contributed by atoms with E-state index in [1.165, 1.54) is 12.2 Å². The van der Waals surface area contributed by atoms with E-state index in [9.17, 15) is 9.59 Å². The van der Waals surface area contributed by atoms with Gasteiger partial charge in [-0.3, -0.25) is 19.7 Å². The van der Waals surface area contributed by atoms with Crippen LogP contribution in [0.1, 0.15) is 18.0 Å². The lowest BCUT2D eigenvalue weighted by Gasteiger charge is -2.24. The van der Waals surface area contributed by atoms with Crippen LogP contribution in [0.15, 0.2) is 36.4 Å². The van der Waals surface area contributed by atoms with E-state index >= 15 is 0 Å². The second kappa shape index (κ2) is 4.45. The van der Waals surface area contributed by atoms with Crippen molar-refractivity contribution in [3.63, 3.8) is 0 Å². The summed E-state index contributed by atoms with van der Waals surface area (Å²) in [5, 5.41) is 2.84. The first kappa shape index (κ1) is 12.3. The molecule has 1 aromatic rings. The lowest BCUT2D eigenvalue weighted by atomic mass is 9.90. The van der Waals surface area contributed by atoms with Crippen LogP contribution in [0.2, 0.25) is 5.02 Å². The topological polar surface area (TPSA) is 67.4 Å². The fourth-order valence-electron chi connectivity index (χ4n) is 2.28. The van der Waals surface area contributed by atoms with Gasteiger partial charge < -0.3 is 0 Å². The predicted octanol–water partition coefficient (Wildman–Crippen LogP) is 1.26. The van der Waals surface area contributed by atoms with E-state index in [-0.39, 0.29) is 6.04 Å². The number of halogens is 1. The van der Waals surface area contributed by atoms with Crippen molar-refractivity contribution in [2.75, 3.05) is 0 Å². The molecule has 1 aromatic carbocycles. The highest BCUT2D eigenvalue weighted by Crippen LogP contribution is 2.37. The Balaban J connectivity index is 1.88. The number of hydrogen-bond donors (Lipinski definition) is 2. The maximum absolute atomic E-state index is 11.9. The van der Waals surface area contributed by atoms with Gasteiger partial charge in [0.1, 0.15) is 0 Å². The van der Waals surface area contributed by atoms with Gasteiger partial charge in [-0.2, -0.15) is 5.48 Å². The quantitative estimate of drug-likeness (QED) is 0.759. The molecule has 0 bridgehead atoms. The second-order valence-electron chi connectivity index (χ2n) is 4.54. The lowest BCUT2D eigenvalue weighted by molar-refractivity contribution is -0.145. The SMILES string of the molecule is O=C1C=C[C@]2(CC(c3ccccc3Cl)NO2)C(=O)N1. The summed E-state index contributed by atoms with van der Waals surface area (Å²) in [4.78, 5) is 28.4. The van der Waals surface area contributed by atoms with Gasteiger partial charge in [0.25, 0.3) is 5.91 Å². The summed E-state index contributed by atoms with van der Waals surface area (Å²) in [6.07, 6.45) is 3.17. The van der Waals surface area contributed by atoms with E-state index < -0.39 is 17.4 Å². The molecule has 19 heavy (non-hydrogen) atoms. The first-order valence-corrected chi connectivity index (χ1v) is 6.21. The van der Waals surface area contributed by atoms with E-state index in [0.29, 0.717) is 11.4 Å². The Labute approximate surface area is 114 Å². The second-order valence-corrected chi connectivity index (χ2v) is 4.95. The molecule has 98 valence electrons. The minimum Gasteiger partial charge on any atom is -0.290 e. The zero-order chi connectivity index (χ0) is 13.5. The molecule has 2 aliphatic rings. The number of hydroxylamine groups is 1. The largest absolute Gasteiger partial charge is 0.290 e. The molecule has 1 saturated heterocycles. The first-order valence-electron chi connectivity index (χ1n) is 5.83. The van der Waals surface area contributed by atoms with Gasteiger partial charge in [0.2, 0.25) is 5.91 Å². The summed E-state index contributed by atoms with van der Waals surface area (Å²) in [7, 11) is 0. The van der Waals surface area contributed by atoms with Crippen molar-refractivity contribution in [1.29, 1.82) is 0 Å². The van der Waals surface area contributed by atoms with Crippen LogP contribution in [0.25, 0.3) is 0 Å². The van der Waals surface area contributed by atoms with Crippen molar-refractivity contribution in [3.8, 4) is 0 Å². The number of benzene rings is 1. The van der Waals surface area contributed by atoms with Crippen molar-refractivity contribution >= 4 is 23.4 Å². The first-order chi connectivity index (χ1) is 9.11. The molecular weight excluding hydrogens is 268 g/mol. The molecular formula is C13H11ClN2O3. The Hall–Kier alpha value is -1.69. The summed E-state index contributed by atoms with van der Waals surface area (Å²) >= 11 is 6.12. The molecule has 3 rings (SSSR count). The molecule has 0 aliphatic carbocycles. The third kappa shape index (κ3) is 2.06. The van der Waals surface area contributed by atoms with Crippen LogP contribution in [0.4, 0.5) is 0 Å². The van der Waals surface area contributed by atoms with Gasteiger partial charge in [-0.05, 0) is 17.7 Å². The van der Waals surface area contributed by atoms with E-state index in [4.69, 9.17) is 16.4 Å². The molecule has 2 amide bonds. The van der Waals surface area contributed by atoms with Crippen LogP contribution >= 0.6 is 11.6 Å². The van der Waals surface area contributed by atoms with Crippen molar-refractivity contribution in [2.24, 2.45) is 0 Å². The summed E-state index contributed by atoms with van der Waals surface area (Å²) in [6, 6.07) is 7.16. The van der Waals surface area contributed by atoms with Gasteiger partial charge in [0.15, 0.2) is 5.60 Å². The molecule has 0 saturated carbocycles. The zero-order valence-corrected chi connectivity index (χ0v) is 10.6. The molecule has 0 aromatic heterocycles. The van der Waals surface area contributed by atoms with Crippen LogP contribution in [0.5, 0.6) is 0 Å². The molecule has 5 nitrogen and oxygen atoms in total. The highest BCUT2D eigenvalue weighted by molar-refractivity contribution is 6.31. The number of nitrogens with one attached hydrogen (secondary N) is 2. The Morgan fingerprint density at radius 1 is 1.32 bits per heavy atom. The number of carbonyl (C=O) groups is 2. The van der Waals surface area contributed by atoms with Crippen molar-refractivity contribution in [1.82, 2.24) is 10.8 Å². The summed E-state index contributed by atoms with van der Waals surface area (Å²) in [5.74, 6) is -0.887. The number of amides is 2. The number of hydrogen-bond acceptors (Lipinski definition) is 4. The third-order valence-corrected chi connectivity index (χ3v) is 3.64. The number of carbonyl (C=O) groups excluding carboxylic acids is 2. The van der Waals surface area contributed by atoms with Crippen LogP contribution in [0.3, 0.4) is 0 Å². The van der Waals surface area contributed by atoms with Crippen LogP contribution in [-0.4, -0.2) is 17.4 Å². The third-order valence-electron chi connectivity index (χ3n) is 3.30. The smallest absolute Gasteiger partial charge is 0.265 e. The van der Waals surface area contributed by atoms with Crippen LogP contribution in [0, 0.1) is 0 Å². The van der Waals surface area contributed by atoms with Gasteiger partial charge >= 0.3 is 0 Å². The molecule has 2 aliphatic heterocycles. The normalized spacial score (nSPS) is 29.8. The Morgan fingerprint density at radius 3 is 2.84 bits per heavy atom. The fourth-order valence-corrected chi connectivity index (χ4v) is 2.55. The van der Waals surface area contributed by atoms with Gasteiger partial charge in [-0.1, -0.05) is 29.8 Å². The number of rotatable bonds is 1. The highest BCUT2D eigenvalue weighted by Gasteiger charge is 2.48. The Kier molecular flexibility index (Phi) is 2.89. The summed E-state index contributed by atoms with van der Waals surface area (Å²) < 4.78 is 0. The maximum atomic E-state index is 11.9. The molecule has 1 spiro atoms. The van der Waals surface area contributed by atoms with Crippen LogP contribution < -0.4 is 10.8 Å². The molecule has 6 heteroatoms. The van der Waals surface area contributed by atoms with Gasteiger partial charge in [0.05, 0.1) is 6.04 Å². The van der Waals surface area contributed by atoms with Gasteiger partial charge in [-0.15, -0.1) is 0 Å². The monoisotopic (exact) mass is 278 g/mol. The molecule has 0 radical (unpaired) electrons. The average Bonchev–Trinajstić information content (AvgIpc) is 2.81. The lowest BCUT2D eigenvalue weighted by Crippen LogP contribution is -2.50. The highest BCUT2D eigenvalue weighted by atomic mass is 35.5. The minimum atomic E-state index is -1.14. The Bertz CT molecular complexity index is 587. The number of imide groups is 1. The van der Waals surface area contributed by atoms with Gasteiger partial charge in [-0.25, -0.2) is 0 Å². The molecule has 2 N–H and O–H groups in total. The van der Waals surface area contributed by atoms with E-state index in [0.717, 1.165) is 5.56 Å². The molecule has 1 fully saturated rings. The predicted molar refractivity (Wildman–Crippen MR) is 68.1 cm³/mol. The molecule has 1 unspecified atom stereocenters. The standard InChI is InChI=1S/C13H11ClN2O3/c14-9-4-2-1-3-8(9)10-7-13(19-16-10)6-5-11(17)15-12(13)18/h1-6,10,16H,7H2,(H,15,17,18)/t10?,13-/m0/s1. The summed E-state index contributed by atoms with van der Waals surface area (Å²) in [6.45, 7) is 0. The van der Waals surface area contributed by atoms with E-state index in [2.05, 4.69) is 10.8 Å². The minimum absolute atomic E-state index is 0.197. The van der Waals surface area contributed by atoms with E-state index in [1.54, 1.807) is 6.07 Å². The van der Waals surface area contributed by atoms with E-state index in [1.807, 2.05) is 18.2 Å². The molecule has 2 heterocycles.